The Hall–Kier alpha value is -3.42. The molecule has 29 heavy (non-hydrogen) atoms. The van der Waals surface area contributed by atoms with Crippen molar-refractivity contribution in [1.82, 2.24) is 10.2 Å². The maximum absolute atomic E-state index is 14.5. The molecule has 3 amide bonds. The van der Waals surface area contributed by atoms with Crippen molar-refractivity contribution in [1.29, 1.82) is 0 Å². The minimum Gasteiger partial charge on any atom is -0.495 e. The molecule has 0 unspecified atom stereocenters. The molecular formula is C21H21F2N3O3. The number of nitrogens with one attached hydrogen (secondary N) is 2. The number of halogens is 2. The summed E-state index contributed by atoms with van der Waals surface area (Å²) in [4.78, 5) is 27.0. The van der Waals surface area contributed by atoms with Crippen LogP contribution < -0.4 is 15.4 Å². The van der Waals surface area contributed by atoms with Crippen molar-refractivity contribution in [3.05, 3.63) is 70.9 Å². The monoisotopic (exact) mass is 401 g/mol. The molecule has 0 aliphatic carbocycles. The quantitative estimate of drug-likeness (QED) is 0.796. The van der Waals surface area contributed by atoms with Gasteiger partial charge in [-0.3, -0.25) is 9.69 Å². The van der Waals surface area contributed by atoms with E-state index in [-0.39, 0.29) is 11.1 Å². The molecule has 0 fully saturated rings. The average molecular weight is 401 g/mol. The molecule has 3 rings (SSSR count). The fourth-order valence-electron chi connectivity index (χ4n) is 3.36. The minimum absolute atomic E-state index is 0.0000275. The molecule has 1 heterocycles. The lowest BCUT2D eigenvalue weighted by atomic mass is 9.93. The molecule has 0 radical (unpaired) electrons. The van der Waals surface area contributed by atoms with Crippen LogP contribution in [0.15, 0.2) is 53.7 Å². The van der Waals surface area contributed by atoms with Crippen LogP contribution in [0.2, 0.25) is 0 Å². The highest BCUT2D eigenvalue weighted by Gasteiger charge is 2.36. The molecule has 0 saturated carbocycles. The number of methoxy groups -OCH3 is 1. The number of urea groups is 1. The average Bonchev–Trinajstić information content (AvgIpc) is 2.68. The molecule has 0 saturated heterocycles. The van der Waals surface area contributed by atoms with E-state index in [1.807, 2.05) is 0 Å². The Kier molecular flexibility index (Phi) is 5.81. The summed E-state index contributed by atoms with van der Waals surface area (Å²) < 4.78 is 33.1. The van der Waals surface area contributed by atoms with Crippen LogP contribution in [0, 0.1) is 11.6 Å². The predicted octanol–water partition coefficient (Wildman–Crippen LogP) is 3.97. The molecule has 1 atom stereocenters. The van der Waals surface area contributed by atoms with E-state index in [1.165, 1.54) is 18.1 Å². The summed E-state index contributed by atoms with van der Waals surface area (Å²) in [6, 6.07) is 8.34. The summed E-state index contributed by atoms with van der Waals surface area (Å²) in [6.07, 6.45) is 0. The number of amides is 3. The maximum Gasteiger partial charge on any atom is 0.322 e. The van der Waals surface area contributed by atoms with E-state index in [2.05, 4.69) is 10.6 Å². The summed E-state index contributed by atoms with van der Waals surface area (Å²) >= 11 is 0. The smallest absolute Gasteiger partial charge is 0.322 e. The van der Waals surface area contributed by atoms with Crippen molar-refractivity contribution in [3.63, 3.8) is 0 Å². The largest absolute Gasteiger partial charge is 0.495 e. The number of carbonyl (C=O) groups is 2. The van der Waals surface area contributed by atoms with Crippen LogP contribution in [-0.4, -0.2) is 30.5 Å². The third kappa shape index (κ3) is 3.91. The summed E-state index contributed by atoms with van der Waals surface area (Å²) in [5, 5.41) is 5.40. The summed E-state index contributed by atoms with van der Waals surface area (Å²) in [5.74, 6) is -1.67. The van der Waals surface area contributed by atoms with Crippen LogP contribution in [0.3, 0.4) is 0 Å². The topological polar surface area (TPSA) is 70.7 Å². The number of rotatable bonds is 5. The molecule has 6 nitrogen and oxygen atoms in total. The number of para-hydroxylation sites is 2. The van der Waals surface area contributed by atoms with Crippen LogP contribution in [0.4, 0.5) is 19.3 Å². The number of ether oxygens (including phenoxy) is 1. The zero-order valence-electron chi connectivity index (χ0n) is 16.3. The first-order valence-electron chi connectivity index (χ1n) is 9.05. The summed E-state index contributed by atoms with van der Waals surface area (Å²) in [7, 11) is 1.48. The molecule has 2 aromatic rings. The van der Waals surface area contributed by atoms with Crippen LogP contribution in [-0.2, 0) is 4.79 Å². The second kappa shape index (κ2) is 8.30. The third-order valence-electron chi connectivity index (χ3n) is 4.79. The number of carbonyl (C=O) groups excluding carboxylic acids is 2. The van der Waals surface area contributed by atoms with Gasteiger partial charge in [0, 0.05) is 23.9 Å². The van der Waals surface area contributed by atoms with Gasteiger partial charge in [-0.25, -0.2) is 13.6 Å². The van der Waals surface area contributed by atoms with E-state index in [0.717, 1.165) is 12.1 Å². The molecule has 2 aromatic carbocycles. The molecule has 0 spiro atoms. The van der Waals surface area contributed by atoms with Crippen LogP contribution in [0.1, 0.15) is 25.5 Å². The van der Waals surface area contributed by atoms with Crippen molar-refractivity contribution in [3.8, 4) is 5.75 Å². The molecule has 0 aromatic heterocycles. The number of allylic oxidation sites excluding steroid dienone is 1. The molecule has 0 bridgehead atoms. The number of hydrogen-bond acceptors (Lipinski definition) is 3. The molecular weight excluding hydrogens is 380 g/mol. The van der Waals surface area contributed by atoms with Gasteiger partial charge in [-0.1, -0.05) is 18.2 Å². The van der Waals surface area contributed by atoms with Crippen molar-refractivity contribution in [2.24, 2.45) is 0 Å². The highest BCUT2D eigenvalue weighted by atomic mass is 19.1. The van der Waals surface area contributed by atoms with Crippen molar-refractivity contribution >= 4 is 17.6 Å². The predicted molar refractivity (Wildman–Crippen MR) is 104 cm³/mol. The lowest BCUT2D eigenvalue weighted by molar-refractivity contribution is -0.113. The standard InChI is InChI=1S/C21H21F2N3O3/c1-4-26-12(2)18(20(27)24-16-7-5-6-8-17(16)29-3)19(25-21(26)28)14-10-9-13(22)11-15(14)23/h5-11,19H,4H2,1-3H3,(H,24,27)(H,25,28)/t19-/m1/s1. The number of nitrogens with zero attached hydrogens (tertiary/aromatic N) is 1. The molecule has 152 valence electrons. The lowest BCUT2D eigenvalue weighted by Crippen LogP contribution is -2.48. The van der Waals surface area contributed by atoms with E-state index in [1.54, 1.807) is 38.1 Å². The second-order valence-corrected chi connectivity index (χ2v) is 6.45. The Balaban J connectivity index is 2.07. The Bertz CT molecular complexity index is 991. The van der Waals surface area contributed by atoms with Crippen LogP contribution in [0.5, 0.6) is 5.75 Å². The minimum atomic E-state index is -1.07. The summed E-state index contributed by atoms with van der Waals surface area (Å²) in [6.45, 7) is 3.70. The van der Waals surface area contributed by atoms with Gasteiger partial charge in [0.2, 0.25) is 0 Å². The Morgan fingerprint density at radius 3 is 2.62 bits per heavy atom. The van der Waals surface area contributed by atoms with Crippen LogP contribution >= 0.6 is 0 Å². The Morgan fingerprint density at radius 1 is 1.24 bits per heavy atom. The molecule has 1 aliphatic heterocycles. The fraction of sp³-hybridized carbons (Fsp3) is 0.238. The van der Waals surface area contributed by atoms with Gasteiger partial charge in [0.1, 0.15) is 17.4 Å². The van der Waals surface area contributed by atoms with E-state index >= 15 is 0 Å². The van der Waals surface area contributed by atoms with Crippen molar-refractivity contribution in [2.45, 2.75) is 19.9 Å². The van der Waals surface area contributed by atoms with E-state index in [9.17, 15) is 18.4 Å². The van der Waals surface area contributed by atoms with E-state index in [4.69, 9.17) is 4.74 Å². The van der Waals surface area contributed by atoms with Gasteiger partial charge in [-0.15, -0.1) is 0 Å². The maximum atomic E-state index is 14.5. The first-order valence-corrected chi connectivity index (χ1v) is 9.05. The molecule has 8 heteroatoms. The highest BCUT2D eigenvalue weighted by Crippen LogP contribution is 2.33. The van der Waals surface area contributed by atoms with Gasteiger partial charge in [-0.2, -0.15) is 0 Å². The number of anilines is 1. The normalized spacial score (nSPS) is 16.5. The Labute approximate surface area is 167 Å². The van der Waals surface area contributed by atoms with Gasteiger partial charge in [0.05, 0.1) is 24.4 Å². The summed E-state index contributed by atoms with van der Waals surface area (Å²) in [5.41, 5.74) is 0.971. The van der Waals surface area contributed by atoms with Gasteiger partial charge in [-0.05, 0) is 32.0 Å². The number of hydrogen-bond donors (Lipinski definition) is 2. The van der Waals surface area contributed by atoms with Crippen molar-refractivity contribution < 1.29 is 23.1 Å². The first kappa shape index (κ1) is 20.3. The zero-order valence-corrected chi connectivity index (χ0v) is 16.3. The third-order valence-corrected chi connectivity index (χ3v) is 4.79. The zero-order chi connectivity index (χ0) is 21.1. The van der Waals surface area contributed by atoms with Gasteiger partial charge in [0.15, 0.2) is 0 Å². The van der Waals surface area contributed by atoms with Gasteiger partial charge >= 0.3 is 6.03 Å². The van der Waals surface area contributed by atoms with Crippen molar-refractivity contribution in [2.75, 3.05) is 19.0 Å². The molecule has 2 N–H and O–H groups in total. The first-order chi connectivity index (χ1) is 13.9. The van der Waals surface area contributed by atoms with Gasteiger partial charge in [0.25, 0.3) is 5.91 Å². The SMILES string of the molecule is CCN1C(=O)N[C@H](c2ccc(F)cc2F)C(C(=O)Nc2ccccc2OC)=C1C. The number of benzene rings is 2. The lowest BCUT2D eigenvalue weighted by Gasteiger charge is -2.35. The molecule has 1 aliphatic rings. The van der Waals surface area contributed by atoms with E-state index < -0.39 is 29.6 Å². The van der Waals surface area contributed by atoms with E-state index in [0.29, 0.717) is 23.7 Å². The highest BCUT2D eigenvalue weighted by molar-refractivity contribution is 6.07. The Morgan fingerprint density at radius 2 is 1.97 bits per heavy atom. The van der Waals surface area contributed by atoms with Crippen LogP contribution in [0.25, 0.3) is 0 Å². The fourth-order valence-corrected chi connectivity index (χ4v) is 3.36. The van der Waals surface area contributed by atoms with Gasteiger partial charge < -0.3 is 15.4 Å². The second-order valence-electron chi connectivity index (χ2n) is 6.45.